The molecule has 0 atom stereocenters. The Bertz CT molecular complexity index is 530. The minimum absolute atomic E-state index is 0.118. The molecule has 1 saturated heterocycles. The van der Waals surface area contributed by atoms with Gasteiger partial charge >= 0.3 is 0 Å². The van der Waals surface area contributed by atoms with Crippen molar-refractivity contribution in [2.45, 2.75) is 0 Å². The summed E-state index contributed by atoms with van der Waals surface area (Å²) in [4.78, 5) is 16.4. The normalized spacial score (nSPS) is 15.6. The molecule has 1 aliphatic rings. The van der Waals surface area contributed by atoms with Gasteiger partial charge in [0, 0.05) is 37.9 Å². The van der Waals surface area contributed by atoms with Crippen LogP contribution in [0.25, 0.3) is 0 Å². The van der Waals surface area contributed by atoms with Crippen molar-refractivity contribution in [1.29, 1.82) is 0 Å². The maximum Gasteiger partial charge on any atom is 0.253 e. The largest absolute Gasteiger partial charge is 0.365 e. The lowest BCUT2D eigenvalue weighted by atomic mass is 10.2. The van der Waals surface area contributed by atoms with Crippen molar-refractivity contribution >= 4 is 11.6 Å². The van der Waals surface area contributed by atoms with Gasteiger partial charge in [-0.25, -0.2) is 0 Å². The Labute approximate surface area is 111 Å². The lowest BCUT2D eigenvalue weighted by Gasteiger charge is -2.35. The highest BCUT2D eigenvalue weighted by Crippen LogP contribution is 2.15. The summed E-state index contributed by atoms with van der Waals surface area (Å²) in [6.07, 6.45) is 3.70. The van der Waals surface area contributed by atoms with E-state index in [0.717, 1.165) is 37.4 Å². The van der Waals surface area contributed by atoms with E-state index in [9.17, 15) is 4.79 Å². The minimum Gasteiger partial charge on any atom is -0.365 e. The zero-order valence-corrected chi connectivity index (χ0v) is 10.6. The third-order valence-electron chi connectivity index (χ3n) is 3.44. The number of anilines is 1. The van der Waals surface area contributed by atoms with Crippen LogP contribution < -0.4 is 4.90 Å². The van der Waals surface area contributed by atoms with Gasteiger partial charge in [0.15, 0.2) is 0 Å². The SMILES string of the molecule is O=C(c1ccccc1)N1CCN(c2cn[nH]c2)CC1. The zero-order chi connectivity index (χ0) is 13.1. The van der Waals surface area contributed by atoms with Crippen LogP contribution in [0.5, 0.6) is 0 Å². The second-order valence-electron chi connectivity index (χ2n) is 4.60. The van der Waals surface area contributed by atoms with Gasteiger partial charge in [-0.1, -0.05) is 18.2 Å². The number of amides is 1. The van der Waals surface area contributed by atoms with Crippen molar-refractivity contribution in [2.75, 3.05) is 31.1 Å². The molecule has 3 rings (SSSR count). The number of aromatic amines is 1. The highest BCUT2D eigenvalue weighted by molar-refractivity contribution is 5.94. The summed E-state index contributed by atoms with van der Waals surface area (Å²) in [5.41, 5.74) is 1.85. The molecule has 1 aromatic heterocycles. The molecule has 0 saturated carbocycles. The van der Waals surface area contributed by atoms with Crippen molar-refractivity contribution in [1.82, 2.24) is 15.1 Å². The van der Waals surface area contributed by atoms with E-state index in [1.165, 1.54) is 0 Å². The second kappa shape index (κ2) is 5.14. The molecular formula is C14H16N4O. The number of carbonyl (C=O) groups is 1. The van der Waals surface area contributed by atoms with E-state index in [-0.39, 0.29) is 5.91 Å². The molecular weight excluding hydrogens is 240 g/mol. The summed E-state index contributed by atoms with van der Waals surface area (Å²) >= 11 is 0. The molecule has 2 heterocycles. The molecule has 19 heavy (non-hydrogen) atoms. The van der Waals surface area contributed by atoms with Crippen LogP contribution in [0.15, 0.2) is 42.7 Å². The fourth-order valence-electron chi connectivity index (χ4n) is 2.35. The van der Waals surface area contributed by atoms with E-state index >= 15 is 0 Å². The summed E-state index contributed by atoms with van der Waals surface area (Å²) in [7, 11) is 0. The number of piperazine rings is 1. The average Bonchev–Trinajstić information content (AvgIpc) is 3.02. The first-order chi connectivity index (χ1) is 9.34. The predicted molar refractivity (Wildman–Crippen MR) is 73.1 cm³/mol. The van der Waals surface area contributed by atoms with Gasteiger partial charge in [-0.15, -0.1) is 0 Å². The molecule has 0 unspecified atom stereocenters. The van der Waals surface area contributed by atoms with Gasteiger partial charge in [0.2, 0.25) is 0 Å². The quantitative estimate of drug-likeness (QED) is 0.883. The van der Waals surface area contributed by atoms with Crippen LogP contribution in [0.1, 0.15) is 10.4 Å². The molecule has 1 N–H and O–H groups in total. The number of hydrogen-bond donors (Lipinski definition) is 1. The molecule has 5 nitrogen and oxygen atoms in total. The first-order valence-corrected chi connectivity index (χ1v) is 6.42. The van der Waals surface area contributed by atoms with E-state index < -0.39 is 0 Å². The smallest absolute Gasteiger partial charge is 0.253 e. The van der Waals surface area contributed by atoms with Crippen LogP contribution in [-0.2, 0) is 0 Å². The van der Waals surface area contributed by atoms with E-state index in [0.29, 0.717) is 0 Å². The van der Waals surface area contributed by atoms with Crippen LogP contribution in [0.3, 0.4) is 0 Å². The summed E-state index contributed by atoms with van der Waals surface area (Å²) in [5, 5.41) is 6.77. The number of rotatable bonds is 2. The van der Waals surface area contributed by atoms with Gasteiger partial charge in [-0.2, -0.15) is 5.10 Å². The van der Waals surface area contributed by atoms with Crippen molar-refractivity contribution in [2.24, 2.45) is 0 Å². The Morgan fingerprint density at radius 2 is 1.84 bits per heavy atom. The number of hydrogen-bond acceptors (Lipinski definition) is 3. The Morgan fingerprint density at radius 1 is 1.11 bits per heavy atom. The second-order valence-corrected chi connectivity index (χ2v) is 4.60. The molecule has 2 aromatic rings. The number of benzene rings is 1. The van der Waals surface area contributed by atoms with Crippen LogP contribution in [-0.4, -0.2) is 47.2 Å². The Kier molecular flexibility index (Phi) is 3.18. The average molecular weight is 256 g/mol. The first kappa shape index (κ1) is 11.8. The van der Waals surface area contributed by atoms with Crippen molar-refractivity contribution in [3.63, 3.8) is 0 Å². The monoisotopic (exact) mass is 256 g/mol. The van der Waals surface area contributed by atoms with Gasteiger partial charge in [0.25, 0.3) is 5.91 Å². The third-order valence-corrected chi connectivity index (χ3v) is 3.44. The fraction of sp³-hybridized carbons (Fsp3) is 0.286. The molecule has 0 bridgehead atoms. The summed E-state index contributed by atoms with van der Waals surface area (Å²) in [6, 6.07) is 9.45. The van der Waals surface area contributed by atoms with Gasteiger partial charge < -0.3 is 9.80 Å². The van der Waals surface area contributed by atoms with Crippen molar-refractivity contribution < 1.29 is 4.79 Å². The van der Waals surface area contributed by atoms with Crippen molar-refractivity contribution in [3.05, 3.63) is 48.3 Å². The van der Waals surface area contributed by atoms with E-state index in [4.69, 9.17) is 0 Å². The zero-order valence-electron chi connectivity index (χ0n) is 10.6. The maximum absolute atomic E-state index is 12.3. The lowest BCUT2D eigenvalue weighted by Crippen LogP contribution is -2.48. The van der Waals surface area contributed by atoms with Gasteiger partial charge in [-0.05, 0) is 12.1 Å². The molecule has 0 spiro atoms. The van der Waals surface area contributed by atoms with Crippen LogP contribution in [0, 0.1) is 0 Å². The number of nitrogens with zero attached hydrogens (tertiary/aromatic N) is 3. The Hall–Kier alpha value is -2.30. The fourth-order valence-corrected chi connectivity index (χ4v) is 2.35. The van der Waals surface area contributed by atoms with Gasteiger partial charge in [0.1, 0.15) is 0 Å². The maximum atomic E-state index is 12.3. The molecule has 1 aliphatic heterocycles. The molecule has 98 valence electrons. The van der Waals surface area contributed by atoms with Crippen LogP contribution in [0.2, 0.25) is 0 Å². The molecule has 1 amide bonds. The summed E-state index contributed by atoms with van der Waals surface area (Å²) in [6.45, 7) is 3.19. The first-order valence-electron chi connectivity index (χ1n) is 6.42. The summed E-state index contributed by atoms with van der Waals surface area (Å²) < 4.78 is 0. The molecule has 1 fully saturated rings. The van der Waals surface area contributed by atoms with E-state index in [1.54, 1.807) is 0 Å². The number of aromatic nitrogens is 2. The Balaban J connectivity index is 1.63. The topological polar surface area (TPSA) is 52.2 Å². The highest BCUT2D eigenvalue weighted by Gasteiger charge is 2.22. The number of carbonyl (C=O) groups excluding carboxylic acids is 1. The predicted octanol–water partition coefficient (Wildman–Crippen LogP) is 1.37. The lowest BCUT2D eigenvalue weighted by molar-refractivity contribution is 0.0747. The van der Waals surface area contributed by atoms with Gasteiger partial charge in [-0.3, -0.25) is 9.89 Å². The molecule has 1 aromatic carbocycles. The standard InChI is InChI=1S/C14H16N4O/c19-14(12-4-2-1-3-5-12)18-8-6-17(7-9-18)13-10-15-16-11-13/h1-5,10-11H,6-9H2,(H,15,16). The van der Waals surface area contributed by atoms with E-state index in [1.807, 2.05) is 47.6 Å². The van der Waals surface area contributed by atoms with E-state index in [2.05, 4.69) is 15.1 Å². The third kappa shape index (κ3) is 2.45. The minimum atomic E-state index is 0.118. The van der Waals surface area contributed by atoms with Gasteiger partial charge in [0.05, 0.1) is 11.9 Å². The van der Waals surface area contributed by atoms with Crippen molar-refractivity contribution in [3.8, 4) is 0 Å². The molecule has 0 aliphatic carbocycles. The molecule has 0 radical (unpaired) electrons. The number of nitrogens with one attached hydrogen (secondary N) is 1. The van der Waals surface area contributed by atoms with Crippen LogP contribution in [0.4, 0.5) is 5.69 Å². The summed E-state index contributed by atoms with van der Waals surface area (Å²) in [5.74, 6) is 0.118. The number of H-pyrrole nitrogens is 1. The van der Waals surface area contributed by atoms with Crippen LogP contribution >= 0.6 is 0 Å². The highest BCUT2D eigenvalue weighted by atomic mass is 16.2. The molecule has 5 heteroatoms. The Morgan fingerprint density at radius 3 is 2.47 bits per heavy atom.